The van der Waals surface area contributed by atoms with E-state index in [4.69, 9.17) is 22.2 Å². The van der Waals surface area contributed by atoms with Crippen molar-refractivity contribution in [3.05, 3.63) is 6.07 Å². The molecule has 0 unspecified atom stereocenters. The van der Waals surface area contributed by atoms with E-state index in [1.54, 1.807) is 0 Å². The van der Waals surface area contributed by atoms with Crippen molar-refractivity contribution in [1.82, 2.24) is 15.3 Å². The van der Waals surface area contributed by atoms with Gasteiger partial charge in [-0.2, -0.15) is 9.97 Å². The molecule has 0 amide bonds. The second-order valence-electron chi connectivity index (χ2n) is 6.62. The number of nitrogens with zero attached hydrogens (tertiary/aromatic N) is 4. The minimum atomic E-state index is 0.522. The molecule has 0 bridgehead atoms. The number of piperidine rings is 1. The Morgan fingerprint density at radius 3 is 2.58 bits per heavy atom. The van der Waals surface area contributed by atoms with Gasteiger partial charge in [0.1, 0.15) is 11.6 Å². The van der Waals surface area contributed by atoms with E-state index in [9.17, 15) is 0 Å². The SMILES string of the molecule is CCNC(=S)Nc1nc(N2CCCC2)cc(N2CCCC[C@@H]2C)n1. The van der Waals surface area contributed by atoms with E-state index in [-0.39, 0.29) is 0 Å². The average molecular weight is 349 g/mol. The van der Waals surface area contributed by atoms with Crippen LogP contribution in [0.15, 0.2) is 6.07 Å². The van der Waals surface area contributed by atoms with Crippen LogP contribution in [-0.4, -0.2) is 47.3 Å². The molecule has 0 aliphatic carbocycles. The Morgan fingerprint density at radius 1 is 1.17 bits per heavy atom. The van der Waals surface area contributed by atoms with Crippen molar-refractivity contribution in [2.24, 2.45) is 0 Å². The van der Waals surface area contributed by atoms with Crippen molar-refractivity contribution < 1.29 is 0 Å². The predicted octanol–water partition coefficient (Wildman–Crippen LogP) is 2.76. The van der Waals surface area contributed by atoms with Crippen LogP contribution in [0.2, 0.25) is 0 Å². The number of hydrogen-bond donors (Lipinski definition) is 2. The maximum atomic E-state index is 5.31. The molecule has 7 heteroatoms. The molecule has 3 heterocycles. The second kappa shape index (κ2) is 7.96. The van der Waals surface area contributed by atoms with Crippen LogP contribution in [0.4, 0.5) is 17.6 Å². The van der Waals surface area contributed by atoms with Gasteiger partial charge in [-0.1, -0.05) is 0 Å². The molecular formula is C17H28N6S. The van der Waals surface area contributed by atoms with Gasteiger partial charge in [0.05, 0.1) is 0 Å². The molecule has 1 aromatic heterocycles. The highest BCUT2D eigenvalue weighted by atomic mass is 32.1. The number of thiocarbonyl (C=S) groups is 1. The van der Waals surface area contributed by atoms with Crippen LogP contribution < -0.4 is 20.4 Å². The Balaban J connectivity index is 1.88. The maximum Gasteiger partial charge on any atom is 0.232 e. The zero-order valence-electron chi connectivity index (χ0n) is 14.7. The molecule has 0 saturated carbocycles. The first-order chi connectivity index (χ1) is 11.7. The summed E-state index contributed by atoms with van der Waals surface area (Å²) in [6.45, 7) is 8.30. The summed E-state index contributed by atoms with van der Waals surface area (Å²) in [6, 6.07) is 2.67. The first-order valence-electron chi connectivity index (χ1n) is 9.13. The molecule has 2 fully saturated rings. The van der Waals surface area contributed by atoms with Crippen LogP contribution in [0.5, 0.6) is 0 Å². The molecule has 2 aliphatic heterocycles. The van der Waals surface area contributed by atoms with E-state index in [0.717, 1.165) is 37.8 Å². The zero-order chi connectivity index (χ0) is 16.9. The monoisotopic (exact) mass is 348 g/mol. The summed E-state index contributed by atoms with van der Waals surface area (Å²) in [7, 11) is 0. The van der Waals surface area contributed by atoms with Crippen molar-refractivity contribution in [1.29, 1.82) is 0 Å². The van der Waals surface area contributed by atoms with Gasteiger partial charge in [-0.15, -0.1) is 0 Å². The van der Waals surface area contributed by atoms with Crippen molar-refractivity contribution in [2.75, 3.05) is 41.3 Å². The summed E-state index contributed by atoms with van der Waals surface area (Å²) in [5, 5.41) is 6.83. The summed E-state index contributed by atoms with van der Waals surface area (Å²) in [5.41, 5.74) is 0. The molecule has 2 N–H and O–H groups in total. The van der Waals surface area contributed by atoms with Gasteiger partial charge in [0, 0.05) is 38.3 Å². The highest BCUT2D eigenvalue weighted by Crippen LogP contribution is 2.28. The van der Waals surface area contributed by atoms with Gasteiger partial charge in [-0.05, 0) is 58.2 Å². The van der Waals surface area contributed by atoms with E-state index >= 15 is 0 Å². The van der Waals surface area contributed by atoms with E-state index in [0.29, 0.717) is 17.1 Å². The summed E-state index contributed by atoms with van der Waals surface area (Å²) in [6.07, 6.45) is 6.22. The number of hydrogen-bond acceptors (Lipinski definition) is 5. The third kappa shape index (κ3) is 4.06. The standard InChI is InChI=1S/C17H28N6S/c1-3-18-17(24)21-16-19-14(22-9-6-7-10-22)12-15(20-16)23-11-5-4-8-13(23)2/h12-13H,3-11H2,1-2H3,(H2,18,19,20,21,24)/t13-/m0/s1. The molecule has 132 valence electrons. The Morgan fingerprint density at radius 2 is 1.88 bits per heavy atom. The van der Waals surface area contributed by atoms with Crippen LogP contribution in [0.3, 0.4) is 0 Å². The lowest BCUT2D eigenvalue weighted by Gasteiger charge is -2.35. The summed E-state index contributed by atoms with van der Waals surface area (Å²) < 4.78 is 0. The molecule has 3 rings (SSSR count). The number of nitrogens with one attached hydrogen (secondary N) is 2. The molecule has 1 atom stereocenters. The van der Waals surface area contributed by atoms with Crippen LogP contribution in [0.25, 0.3) is 0 Å². The van der Waals surface area contributed by atoms with Crippen molar-refractivity contribution in [3.63, 3.8) is 0 Å². The minimum absolute atomic E-state index is 0.522. The lowest BCUT2D eigenvalue weighted by atomic mass is 10.0. The molecule has 0 spiro atoms. The number of aromatic nitrogens is 2. The lowest BCUT2D eigenvalue weighted by Crippen LogP contribution is -2.38. The van der Waals surface area contributed by atoms with Crippen LogP contribution in [-0.2, 0) is 0 Å². The molecule has 0 radical (unpaired) electrons. The van der Waals surface area contributed by atoms with Gasteiger partial charge in [0.2, 0.25) is 5.95 Å². The Labute approximate surface area is 150 Å². The Hall–Kier alpha value is -1.63. The highest BCUT2D eigenvalue weighted by Gasteiger charge is 2.23. The topological polar surface area (TPSA) is 56.3 Å². The molecule has 2 aliphatic rings. The van der Waals surface area contributed by atoms with Gasteiger partial charge in [0.15, 0.2) is 5.11 Å². The molecule has 2 saturated heterocycles. The fraction of sp³-hybridized carbons (Fsp3) is 0.706. The first kappa shape index (κ1) is 17.2. The average Bonchev–Trinajstić information content (AvgIpc) is 3.09. The van der Waals surface area contributed by atoms with Crippen LogP contribution in [0, 0.1) is 0 Å². The smallest absolute Gasteiger partial charge is 0.232 e. The van der Waals surface area contributed by atoms with Gasteiger partial charge < -0.3 is 20.4 Å². The summed E-state index contributed by atoms with van der Waals surface area (Å²) in [4.78, 5) is 14.2. The van der Waals surface area contributed by atoms with Gasteiger partial charge in [0.25, 0.3) is 0 Å². The van der Waals surface area contributed by atoms with Gasteiger partial charge in [-0.3, -0.25) is 0 Å². The van der Waals surface area contributed by atoms with E-state index in [1.807, 2.05) is 6.92 Å². The molecule has 24 heavy (non-hydrogen) atoms. The van der Waals surface area contributed by atoms with Crippen molar-refractivity contribution in [2.45, 2.75) is 52.0 Å². The fourth-order valence-electron chi connectivity index (χ4n) is 3.48. The lowest BCUT2D eigenvalue weighted by molar-refractivity contribution is 0.481. The minimum Gasteiger partial charge on any atom is -0.363 e. The number of rotatable bonds is 4. The second-order valence-corrected chi connectivity index (χ2v) is 7.03. The fourth-order valence-corrected chi connectivity index (χ4v) is 3.71. The van der Waals surface area contributed by atoms with Gasteiger partial charge >= 0.3 is 0 Å². The highest BCUT2D eigenvalue weighted by molar-refractivity contribution is 7.80. The molecule has 1 aromatic rings. The van der Waals surface area contributed by atoms with Gasteiger partial charge in [-0.25, -0.2) is 0 Å². The molecule has 0 aromatic carbocycles. The summed E-state index contributed by atoms with van der Waals surface area (Å²) >= 11 is 5.31. The molecular weight excluding hydrogens is 320 g/mol. The van der Waals surface area contributed by atoms with Crippen molar-refractivity contribution >= 4 is 34.9 Å². The summed E-state index contributed by atoms with van der Waals surface area (Å²) in [5.74, 6) is 2.62. The first-order valence-corrected chi connectivity index (χ1v) is 9.53. The zero-order valence-corrected chi connectivity index (χ0v) is 15.5. The maximum absolute atomic E-state index is 5.31. The normalized spacial score (nSPS) is 21.0. The predicted molar refractivity (Wildman–Crippen MR) is 104 cm³/mol. The Bertz CT molecular complexity index is 572. The van der Waals surface area contributed by atoms with E-state index in [1.165, 1.54) is 32.1 Å². The van der Waals surface area contributed by atoms with Crippen molar-refractivity contribution in [3.8, 4) is 0 Å². The third-order valence-corrected chi connectivity index (χ3v) is 5.04. The molecule has 6 nitrogen and oxygen atoms in total. The third-order valence-electron chi connectivity index (χ3n) is 4.79. The quantitative estimate of drug-likeness (QED) is 0.812. The Kier molecular flexibility index (Phi) is 5.71. The van der Waals surface area contributed by atoms with Crippen LogP contribution >= 0.6 is 12.2 Å². The van der Waals surface area contributed by atoms with E-state index in [2.05, 4.69) is 33.4 Å². The number of anilines is 3. The van der Waals surface area contributed by atoms with Crippen LogP contribution in [0.1, 0.15) is 46.0 Å². The van der Waals surface area contributed by atoms with E-state index < -0.39 is 0 Å². The largest absolute Gasteiger partial charge is 0.363 e.